The van der Waals surface area contributed by atoms with E-state index >= 15 is 0 Å². The van der Waals surface area contributed by atoms with Gasteiger partial charge >= 0.3 is 18.2 Å². The molecule has 0 fully saturated rings. The highest BCUT2D eigenvalue weighted by Gasteiger charge is 2.59. The molecule has 0 saturated carbocycles. The number of nitrogens with one attached hydrogen (secondary N) is 1. The minimum absolute atomic E-state index is 0.0627. The van der Waals surface area contributed by atoms with Gasteiger partial charge in [-0.05, 0) is 34.9 Å². The number of rotatable bonds is 7. The third-order valence-electron chi connectivity index (χ3n) is 6.41. The van der Waals surface area contributed by atoms with Crippen LogP contribution in [0.2, 0.25) is 0 Å². The van der Waals surface area contributed by atoms with Crippen molar-refractivity contribution in [3.63, 3.8) is 0 Å². The number of carbonyl (C=O) groups excluding carboxylic acids is 3. The van der Waals surface area contributed by atoms with Crippen molar-refractivity contribution < 1.29 is 33.3 Å². The Morgan fingerprint density at radius 1 is 0.800 bits per heavy atom. The Balaban J connectivity index is 1.56. The molecule has 0 bridgehead atoms. The zero-order chi connectivity index (χ0) is 28.0. The van der Waals surface area contributed by atoms with Gasteiger partial charge < -0.3 is 18.9 Å². The standard InChI is InChI=1S/C31H26N2O7/c1-37-25-17-18-27-26(19-25)31(28(34)40-27,24-15-9-4-10-16-24)33(30(36)39-21-23-13-7-3-8-14-23)32-29(35)38-20-22-11-5-2-6-12-22/h2-19H,20-21H2,1H3,(H,32,35)/t31-/m1/s1. The predicted octanol–water partition coefficient (Wildman–Crippen LogP) is 5.34. The van der Waals surface area contributed by atoms with Gasteiger partial charge in [0.05, 0.1) is 7.11 Å². The number of hydrazine groups is 1. The number of fused-ring (bicyclic) bond motifs is 1. The number of nitrogens with zero attached hydrogens (tertiary/aromatic N) is 1. The molecule has 202 valence electrons. The Labute approximate surface area is 230 Å². The van der Waals surface area contributed by atoms with E-state index in [1.165, 1.54) is 7.11 Å². The molecule has 9 heteroatoms. The van der Waals surface area contributed by atoms with Crippen LogP contribution >= 0.6 is 0 Å². The number of amides is 2. The molecule has 1 N–H and O–H groups in total. The molecule has 5 rings (SSSR count). The van der Waals surface area contributed by atoms with Crippen molar-refractivity contribution in [1.82, 2.24) is 10.4 Å². The van der Waals surface area contributed by atoms with Crippen LogP contribution in [0, 0.1) is 0 Å². The monoisotopic (exact) mass is 538 g/mol. The van der Waals surface area contributed by atoms with E-state index in [9.17, 15) is 14.4 Å². The molecule has 0 aromatic heterocycles. The van der Waals surface area contributed by atoms with Crippen LogP contribution in [0.3, 0.4) is 0 Å². The third-order valence-corrected chi connectivity index (χ3v) is 6.41. The van der Waals surface area contributed by atoms with Gasteiger partial charge in [0, 0.05) is 5.56 Å². The van der Waals surface area contributed by atoms with E-state index in [0.717, 1.165) is 10.6 Å². The van der Waals surface area contributed by atoms with Crippen LogP contribution in [0.1, 0.15) is 22.3 Å². The first-order valence-electron chi connectivity index (χ1n) is 12.5. The summed E-state index contributed by atoms with van der Waals surface area (Å²) in [6.07, 6.45) is -1.98. The van der Waals surface area contributed by atoms with Gasteiger partial charge in [0.25, 0.3) is 0 Å². The Hall–Kier alpha value is -5.31. The molecule has 1 aliphatic rings. The summed E-state index contributed by atoms with van der Waals surface area (Å²) in [6.45, 7) is -0.172. The molecule has 9 nitrogen and oxygen atoms in total. The summed E-state index contributed by atoms with van der Waals surface area (Å²) in [4.78, 5) is 40.7. The van der Waals surface area contributed by atoms with Crippen molar-refractivity contribution in [1.29, 1.82) is 0 Å². The lowest BCUT2D eigenvalue weighted by Gasteiger charge is -2.37. The molecule has 4 aromatic rings. The van der Waals surface area contributed by atoms with Gasteiger partial charge in [-0.3, -0.25) is 0 Å². The van der Waals surface area contributed by atoms with Crippen LogP contribution in [0.15, 0.2) is 109 Å². The first-order valence-corrected chi connectivity index (χ1v) is 12.5. The topological polar surface area (TPSA) is 103 Å². The number of benzene rings is 4. The zero-order valence-electron chi connectivity index (χ0n) is 21.6. The highest BCUT2D eigenvalue weighted by atomic mass is 16.6. The fourth-order valence-corrected chi connectivity index (χ4v) is 4.48. The number of hydrogen-bond acceptors (Lipinski definition) is 7. The van der Waals surface area contributed by atoms with Gasteiger partial charge in [0.15, 0.2) is 0 Å². The molecular formula is C31H26N2O7. The van der Waals surface area contributed by atoms with E-state index < -0.39 is 23.7 Å². The summed E-state index contributed by atoms with van der Waals surface area (Å²) >= 11 is 0. The number of hydrogen-bond donors (Lipinski definition) is 1. The number of ether oxygens (including phenoxy) is 4. The van der Waals surface area contributed by atoms with Crippen LogP contribution in [0.25, 0.3) is 0 Å². The van der Waals surface area contributed by atoms with E-state index in [-0.39, 0.29) is 24.5 Å². The van der Waals surface area contributed by atoms with E-state index in [1.807, 2.05) is 36.4 Å². The van der Waals surface area contributed by atoms with Crippen LogP contribution < -0.4 is 14.9 Å². The average molecular weight is 539 g/mol. The lowest BCUT2D eigenvalue weighted by molar-refractivity contribution is -0.143. The van der Waals surface area contributed by atoms with Gasteiger partial charge in [-0.15, -0.1) is 0 Å². The molecule has 0 unspecified atom stereocenters. The highest BCUT2D eigenvalue weighted by molar-refractivity contribution is 5.97. The van der Waals surface area contributed by atoms with Gasteiger partial charge in [0.2, 0.25) is 5.54 Å². The molecule has 0 saturated heterocycles. The highest BCUT2D eigenvalue weighted by Crippen LogP contribution is 2.47. The Morgan fingerprint density at radius 3 is 1.98 bits per heavy atom. The summed E-state index contributed by atoms with van der Waals surface area (Å²) in [5, 5.41) is 0.826. The van der Waals surface area contributed by atoms with Crippen molar-refractivity contribution in [2.75, 3.05) is 7.11 Å². The molecule has 1 heterocycles. The van der Waals surface area contributed by atoms with E-state index in [1.54, 1.807) is 72.8 Å². The molecule has 0 radical (unpaired) electrons. The Bertz CT molecular complexity index is 1500. The van der Waals surface area contributed by atoms with Crippen molar-refractivity contribution >= 4 is 18.2 Å². The summed E-state index contributed by atoms with van der Waals surface area (Å²) in [6, 6.07) is 31.4. The van der Waals surface area contributed by atoms with Gasteiger partial charge in [0.1, 0.15) is 24.7 Å². The van der Waals surface area contributed by atoms with Gasteiger partial charge in [-0.25, -0.2) is 19.8 Å². The van der Waals surface area contributed by atoms with Crippen molar-refractivity contribution in [3.8, 4) is 11.5 Å². The maximum atomic E-state index is 13.8. The summed E-state index contributed by atoms with van der Waals surface area (Å²) in [7, 11) is 1.48. The number of carbonyl (C=O) groups is 3. The summed E-state index contributed by atoms with van der Waals surface area (Å²) in [5.74, 6) is -0.196. The number of methoxy groups -OCH3 is 1. The van der Waals surface area contributed by atoms with Crippen LogP contribution in [0.4, 0.5) is 9.59 Å². The fraction of sp³-hybridized carbons (Fsp3) is 0.129. The lowest BCUT2D eigenvalue weighted by atomic mass is 9.83. The first-order chi connectivity index (χ1) is 19.5. The van der Waals surface area contributed by atoms with E-state index in [4.69, 9.17) is 18.9 Å². The zero-order valence-corrected chi connectivity index (χ0v) is 21.6. The Kier molecular flexibility index (Phi) is 7.63. The molecular weight excluding hydrogens is 512 g/mol. The molecule has 1 aliphatic heterocycles. The molecule has 2 amide bonds. The van der Waals surface area contributed by atoms with Crippen molar-refractivity contribution in [2.24, 2.45) is 0 Å². The SMILES string of the molecule is COc1ccc2c(c1)[C@@](c1ccccc1)(N(NC(=O)OCc1ccccc1)C(=O)OCc1ccccc1)C(=O)O2. The summed E-state index contributed by atoms with van der Waals surface area (Å²) in [5.41, 5.74) is 2.60. The minimum atomic E-state index is -1.95. The third kappa shape index (κ3) is 5.17. The maximum absolute atomic E-state index is 13.8. The van der Waals surface area contributed by atoms with Crippen LogP contribution in [-0.4, -0.2) is 30.3 Å². The molecule has 4 aromatic carbocycles. The van der Waals surface area contributed by atoms with Crippen LogP contribution in [-0.2, 0) is 33.0 Å². The van der Waals surface area contributed by atoms with E-state index in [0.29, 0.717) is 16.9 Å². The van der Waals surface area contributed by atoms with Gasteiger partial charge in [-0.1, -0.05) is 91.0 Å². The quantitative estimate of drug-likeness (QED) is 0.193. The second-order valence-electron chi connectivity index (χ2n) is 8.88. The Morgan fingerprint density at radius 2 is 1.38 bits per heavy atom. The second-order valence-corrected chi connectivity index (χ2v) is 8.88. The molecule has 40 heavy (non-hydrogen) atoms. The smallest absolute Gasteiger partial charge is 0.430 e. The number of esters is 1. The molecule has 1 atom stereocenters. The second kappa shape index (κ2) is 11.6. The predicted molar refractivity (Wildman–Crippen MR) is 144 cm³/mol. The van der Waals surface area contributed by atoms with Gasteiger partial charge in [-0.2, -0.15) is 5.01 Å². The largest absolute Gasteiger partial charge is 0.497 e. The van der Waals surface area contributed by atoms with Crippen molar-refractivity contribution in [2.45, 2.75) is 18.8 Å². The fourth-order valence-electron chi connectivity index (χ4n) is 4.48. The lowest BCUT2D eigenvalue weighted by Crippen LogP contribution is -2.61. The molecule has 0 aliphatic carbocycles. The summed E-state index contributed by atoms with van der Waals surface area (Å²) < 4.78 is 22.1. The average Bonchev–Trinajstić information content (AvgIpc) is 3.30. The van der Waals surface area contributed by atoms with E-state index in [2.05, 4.69) is 5.43 Å². The first kappa shape index (κ1) is 26.3. The van der Waals surface area contributed by atoms with Crippen molar-refractivity contribution in [3.05, 3.63) is 131 Å². The normalized spacial score (nSPS) is 15.4. The van der Waals surface area contributed by atoms with Crippen LogP contribution in [0.5, 0.6) is 11.5 Å². The molecule has 0 spiro atoms. The minimum Gasteiger partial charge on any atom is -0.497 e. The maximum Gasteiger partial charge on any atom is 0.430 e.